The normalized spacial score (nSPS) is 25.9. The van der Waals surface area contributed by atoms with Gasteiger partial charge in [0.25, 0.3) is 0 Å². The highest BCUT2D eigenvalue weighted by Crippen LogP contribution is 2.17. The monoisotopic (exact) mass is 276 g/mol. The van der Waals surface area contributed by atoms with Gasteiger partial charge in [-0.3, -0.25) is 0 Å². The Hall–Kier alpha value is -1.59. The number of hydrogen-bond acceptors (Lipinski definition) is 4. The standard InChI is InChI=1S/C15H20N2O3/c18-15(20-11-12-4-2-1-3-5-12)17-8-6-13-14(10-17)19-9-7-16-13/h1-5,13-14,16H,6-11H2/t13-,14+/m1/s1. The zero-order valence-corrected chi connectivity index (χ0v) is 11.5. The molecule has 1 aromatic carbocycles. The number of benzene rings is 1. The van der Waals surface area contributed by atoms with Crippen molar-refractivity contribution in [2.45, 2.75) is 25.2 Å². The van der Waals surface area contributed by atoms with E-state index < -0.39 is 0 Å². The first kappa shape index (κ1) is 13.4. The van der Waals surface area contributed by atoms with E-state index in [4.69, 9.17) is 9.47 Å². The van der Waals surface area contributed by atoms with E-state index in [0.717, 1.165) is 25.1 Å². The Morgan fingerprint density at radius 1 is 1.40 bits per heavy atom. The van der Waals surface area contributed by atoms with Gasteiger partial charge in [-0.25, -0.2) is 4.79 Å². The average Bonchev–Trinajstić information content (AvgIpc) is 2.53. The van der Waals surface area contributed by atoms with Crippen LogP contribution in [-0.2, 0) is 16.1 Å². The molecule has 2 saturated heterocycles. The Kier molecular flexibility index (Phi) is 4.18. The van der Waals surface area contributed by atoms with Gasteiger partial charge in [0.05, 0.1) is 19.3 Å². The summed E-state index contributed by atoms with van der Waals surface area (Å²) in [5, 5.41) is 3.43. The van der Waals surface area contributed by atoms with E-state index in [1.807, 2.05) is 30.3 Å². The van der Waals surface area contributed by atoms with Crippen LogP contribution in [0.4, 0.5) is 4.79 Å². The maximum absolute atomic E-state index is 12.1. The molecule has 2 fully saturated rings. The topological polar surface area (TPSA) is 50.8 Å². The van der Waals surface area contributed by atoms with E-state index in [2.05, 4.69) is 5.32 Å². The minimum atomic E-state index is -0.249. The number of nitrogens with zero attached hydrogens (tertiary/aromatic N) is 1. The van der Waals surface area contributed by atoms with Crippen molar-refractivity contribution in [2.75, 3.05) is 26.2 Å². The number of rotatable bonds is 2. The maximum Gasteiger partial charge on any atom is 0.410 e. The van der Waals surface area contributed by atoms with E-state index >= 15 is 0 Å². The summed E-state index contributed by atoms with van der Waals surface area (Å²) in [6, 6.07) is 10.1. The second-order valence-corrected chi connectivity index (χ2v) is 5.24. The van der Waals surface area contributed by atoms with Crippen LogP contribution in [0, 0.1) is 0 Å². The van der Waals surface area contributed by atoms with Crippen molar-refractivity contribution in [3.63, 3.8) is 0 Å². The molecule has 2 aliphatic heterocycles. The summed E-state index contributed by atoms with van der Waals surface area (Å²) in [5.74, 6) is 0. The van der Waals surface area contributed by atoms with Gasteiger partial charge in [-0.2, -0.15) is 0 Å². The number of hydrogen-bond donors (Lipinski definition) is 1. The van der Waals surface area contributed by atoms with Crippen molar-refractivity contribution in [3.05, 3.63) is 35.9 Å². The molecule has 5 nitrogen and oxygen atoms in total. The molecule has 1 N–H and O–H groups in total. The van der Waals surface area contributed by atoms with E-state index in [1.54, 1.807) is 4.90 Å². The molecule has 1 amide bonds. The third-order valence-electron chi connectivity index (χ3n) is 3.86. The minimum absolute atomic E-state index is 0.0989. The number of piperidine rings is 1. The molecule has 2 heterocycles. The lowest BCUT2D eigenvalue weighted by Crippen LogP contribution is -2.58. The minimum Gasteiger partial charge on any atom is -0.445 e. The maximum atomic E-state index is 12.1. The number of fused-ring (bicyclic) bond motifs is 1. The molecule has 1 aromatic rings. The van der Waals surface area contributed by atoms with Crippen molar-refractivity contribution in [1.29, 1.82) is 0 Å². The SMILES string of the molecule is O=C(OCc1ccccc1)N1CC[C@H]2NCCO[C@H]2C1. The van der Waals surface area contributed by atoms with Crippen molar-refractivity contribution in [2.24, 2.45) is 0 Å². The predicted molar refractivity (Wildman–Crippen MR) is 74.3 cm³/mol. The summed E-state index contributed by atoms with van der Waals surface area (Å²) >= 11 is 0. The van der Waals surface area contributed by atoms with Crippen molar-refractivity contribution in [1.82, 2.24) is 10.2 Å². The fraction of sp³-hybridized carbons (Fsp3) is 0.533. The Bertz CT molecular complexity index is 452. The summed E-state index contributed by atoms with van der Waals surface area (Å²) in [4.78, 5) is 13.8. The molecule has 0 unspecified atom stereocenters. The number of morpholine rings is 1. The molecule has 0 saturated carbocycles. The number of ether oxygens (including phenoxy) is 2. The molecule has 0 aromatic heterocycles. The van der Waals surface area contributed by atoms with Crippen LogP contribution in [0.25, 0.3) is 0 Å². The smallest absolute Gasteiger partial charge is 0.410 e. The molecular formula is C15H20N2O3. The van der Waals surface area contributed by atoms with Crippen LogP contribution in [0.5, 0.6) is 0 Å². The summed E-state index contributed by atoms with van der Waals surface area (Å²) < 4.78 is 11.1. The van der Waals surface area contributed by atoms with Gasteiger partial charge in [0.1, 0.15) is 6.61 Å². The van der Waals surface area contributed by atoms with Crippen LogP contribution >= 0.6 is 0 Å². The molecule has 5 heteroatoms. The van der Waals surface area contributed by atoms with Gasteiger partial charge in [-0.15, -0.1) is 0 Å². The highest BCUT2D eigenvalue weighted by atomic mass is 16.6. The number of nitrogens with one attached hydrogen (secondary N) is 1. The third kappa shape index (κ3) is 3.11. The van der Waals surface area contributed by atoms with E-state index in [0.29, 0.717) is 25.8 Å². The molecule has 3 rings (SSSR count). The van der Waals surface area contributed by atoms with Crippen molar-refractivity contribution >= 4 is 6.09 Å². The summed E-state index contributed by atoms with van der Waals surface area (Å²) in [6.45, 7) is 3.29. The van der Waals surface area contributed by atoms with Crippen molar-refractivity contribution < 1.29 is 14.3 Å². The van der Waals surface area contributed by atoms with Gasteiger partial charge >= 0.3 is 6.09 Å². The fourth-order valence-electron chi connectivity index (χ4n) is 2.75. The van der Waals surface area contributed by atoms with Crippen LogP contribution in [0.15, 0.2) is 30.3 Å². The Labute approximate surface area is 118 Å². The number of carbonyl (C=O) groups is 1. The van der Waals surface area contributed by atoms with Crippen LogP contribution in [-0.4, -0.2) is 49.4 Å². The van der Waals surface area contributed by atoms with Crippen LogP contribution in [0.1, 0.15) is 12.0 Å². The lowest BCUT2D eigenvalue weighted by molar-refractivity contribution is -0.0456. The molecule has 2 atom stereocenters. The summed E-state index contributed by atoms with van der Waals surface area (Å²) in [6.07, 6.45) is 0.772. The lowest BCUT2D eigenvalue weighted by atomic mass is 10.0. The molecule has 0 radical (unpaired) electrons. The lowest BCUT2D eigenvalue weighted by Gasteiger charge is -2.40. The van der Waals surface area contributed by atoms with E-state index in [1.165, 1.54) is 0 Å². The second kappa shape index (κ2) is 6.24. The largest absolute Gasteiger partial charge is 0.445 e. The van der Waals surface area contributed by atoms with Crippen LogP contribution in [0.3, 0.4) is 0 Å². The Morgan fingerprint density at radius 2 is 2.25 bits per heavy atom. The quantitative estimate of drug-likeness (QED) is 0.887. The van der Waals surface area contributed by atoms with Gasteiger partial charge < -0.3 is 19.7 Å². The number of likely N-dealkylation sites (tertiary alicyclic amines) is 1. The Morgan fingerprint density at radius 3 is 3.10 bits per heavy atom. The van der Waals surface area contributed by atoms with Gasteiger partial charge in [-0.05, 0) is 12.0 Å². The fourth-order valence-corrected chi connectivity index (χ4v) is 2.75. The van der Waals surface area contributed by atoms with E-state index in [-0.39, 0.29) is 12.2 Å². The van der Waals surface area contributed by atoms with Crippen molar-refractivity contribution in [3.8, 4) is 0 Å². The predicted octanol–water partition coefficient (Wildman–Crippen LogP) is 1.39. The number of amides is 1. The zero-order chi connectivity index (χ0) is 13.8. The van der Waals surface area contributed by atoms with Crippen LogP contribution < -0.4 is 5.32 Å². The molecule has 2 aliphatic rings. The number of carbonyl (C=O) groups excluding carboxylic acids is 1. The van der Waals surface area contributed by atoms with Gasteiger partial charge in [0.15, 0.2) is 0 Å². The molecule has 0 aliphatic carbocycles. The van der Waals surface area contributed by atoms with E-state index in [9.17, 15) is 4.79 Å². The molecule has 108 valence electrons. The Balaban J connectivity index is 1.50. The highest BCUT2D eigenvalue weighted by Gasteiger charge is 2.34. The summed E-state index contributed by atoms with van der Waals surface area (Å²) in [5.41, 5.74) is 1.01. The van der Waals surface area contributed by atoms with Crippen LogP contribution in [0.2, 0.25) is 0 Å². The van der Waals surface area contributed by atoms with Gasteiger partial charge in [0, 0.05) is 19.1 Å². The molecule has 0 bridgehead atoms. The highest BCUT2D eigenvalue weighted by molar-refractivity contribution is 5.67. The first-order valence-electron chi connectivity index (χ1n) is 7.13. The van der Waals surface area contributed by atoms with Gasteiger partial charge in [-0.1, -0.05) is 30.3 Å². The first-order valence-corrected chi connectivity index (χ1v) is 7.13. The van der Waals surface area contributed by atoms with Gasteiger partial charge in [0.2, 0.25) is 0 Å². The molecule has 0 spiro atoms. The average molecular weight is 276 g/mol. The first-order chi connectivity index (χ1) is 9.83. The molecular weight excluding hydrogens is 256 g/mol. The molecule has 20 heavy (non-hydrogen) atoms. The summed E-state index contributed by atoms with van der Waals surface area (Å²) in [7, 11) is 0. The third-order valence-corrected chi connectivity index (χ3v) is 3.86. The zero-order valence-electron chi connectivity index (χ0n) is 11.5. The second-order valence-electron chi connectivity index (χ2n) is 5.24.